The van der Waals surface area contributed by atoms with Gasteiger partial charge >= 0.3 is 0 Å². The van der Waals surface area contributed by atoms with Crippen LogP contribution in [-0.2, 0) is 21.2 Å². The van der Waals surface area contributed by atoms with Crippen LogP contribution < -0.4 is 4.90 Å². The first kappa shape index (κ1) is 22.1. The van der Waals surface area contributed by atoms with Gasteiger partial charge in [0, 0.05) is 29.7 Å². The lowest BCUT2D eigenvalue weighted by molar-refractivity contribution is -0.114. The third-order valence-corrected chi connectivity index (χ3v) is 7.14. The fourth-order valence-electron chi connectivity index (χ4n) is 3.01. The molecule has 0 unspecified atom stereocenters. The van der Waals surface area contributed by atoms with Crippen molar-refractivity contribution in [2.24, 2.45) is 0 Å². The molecule has 1 amide bonds. The number of amides is 1. The molecule has 0 aliphatic rings. The summed E-state index contributed by atoms with van der Waals surface area (Å²) in [6.45, 7) is 0.262. The standard InChI is InChI=1S/C23H18ClN3O3S2/c1-32(29,30)18-9-10-20-21(13-18)31-23(26-20)27(15-16-5-4-12-25-14-16)22(28)11-8-17-6-2-3-7-19(17)24/h2-14H,15H2,1H3. The predicted octanol–water partition coefficient (Wildman–Crippen LogP) is 4.99. The highest BCUT2D eigenvalue weighted by Gasteiger charge is 2.20. The van der Waals surface area contributed by atoms with Crippen LogP contribution in [0.25, 0.3) is 16.3 Å². The van der Waals surface area contributed by atoms with Crippen molar-refractivity contribution in [2.75, 3.05) is 11.2 Å². The molecule has 0 bridgehead atoms. The Balaban J connectivity index is 1.72. The van der Waals surface area contributed by atoms with E-state index in [0.717, 1.165) is 17.4 Å². The number of hydrogen-bond acceptors (Lipinski definition) is 6. The molecular formula is C23H18ClN3O3S2. The minimum absolute atomic E-state index is 0.212. The van der Waals surface area contributed by atoms with Gasteiger partial charge in [-0.1, -0.05) is 47.2 Å². The van der Waals surface area contributed by atoms with E-state index in [0.29, 0.717) is 20.4 Å². The number of carbonyl (C=O) groups excluding carboxylic acids is 1. The third kappa shape index (κ3) is 5.04. The van der Waals surface area contributed by atoms with Crippen molar-refractivity contribution < 1.29 is 13.2 Å². The van der Waals surface area contributed by atoms with Gasteiger partial charge in [-0.05, 0) is 47.5 Å². The van der Waals surface area contributed by atoms with E-state index in [1.54, 1.807) is 42.7 Å². The van der Waals surface area contributed by atoms with E-state index < -0.39 is 9.84 Å². The van der Waals surface area contributed by atoms with Crippen LogP contribution in [0.15, 0.2) is 78.0 Å². The molecule has 2 aromatic carbocycles. The van der Waals surface area contributed by atoms with Crippen LogP contribution in [0.5, 0.6) is 0 Å². The summed E-state index contributed by atoms with van der Waals surface area (Å²) in [4.78, 5) is 23.6. The molecule has 0 aliphatic heterocycles. The zero-order chi connectivity index (χ0) is 22.7. The molecule has 0 fully saturated rings. The number of benzene rings is 2. The Kier molecular flexibility index (Phi) is 6.36. The third-order valence-electron chi connectivity index (χ3n) is 4.65. The van der Waals surface area contributed by atoms with E-state index >= 15 is 0 Å². The van der Waals surface area contributed by atoms with Gasteiger partial charge in [0.1, 0.15) is 0 Å². The van der Waals surface area contributed by atoms with Crippen molar-refractivity contribution in [3.05, 3.63) is 89.2 Å². The minimum Gasteiger partial charge on any atom is -0.280 e. The number of hydrogen-bond donors (Lipinski definition) is 0. The Hall–Kier alpha value is -3.07. The Morgan fingerprint density at radius 3 is 2.69 bits per heavy atom. The Bertz CT molecular complexity index is 1420. The van der Waals surface area contributed by atoms with Gasteiger partial charge in [0.15, 0.2) is 15.0 Å². The van der Waals surface area contributed by atoms with Gasteiger partial charge in [-0.25, -0.2) is 13.4 Å². The number of pyridine rings is 1. The quantitative estimate of drug-likeness (QED) is 0.361. The van der Waals surface area contributed by atoms with Crippen molar-refractivity contribution in [2.45, 2.75) is 11.4 Å². The maximum Gasteiger partial charge on any atom is 0.253 e. The maximum absolute atomic E-state index is 13.2. The van der Waals surface area contributed by atoms with Crippen molar-refractivity contribution >= 4 is 60.1 Å². The van der Waals surface area contributed by atoms with E-state index in [9.17, 15) is 13.2 Å². The van der Waals surface area contributed by atoms with Crippen LogP contribution in [-0.4, -0.2) is 30.5 Å². The van der Waals surface area contributed by atoms with Gasteiger partial charge in [-0.3, -0.25) is 14.7 Å². The summed E-state index contributed by atoms with van der Waals surface area (Å²) in [5, 5.41) is 1.01. The smallest absolute Gasteiger partial charge is 0.253 e. The van der Waals surface area contributed by atoms with E-state index in [1.165, 1.54) is 28.4 Å². The van der Waals surface area contributed by atoms with Gasteiger partial charge in [-0.15, -0.1) is 0 Å². The number of aromatic nitrogens is 2. The molecule has 2 heterocycles. The zero-order valence-electron chi connectivity index (χ0n) is 17.0. The van der Waals surface area contributed by atoms with Gasteiger partial charge in [-0.2, -0.15) is 0 Å². The second-order valence-electron chi connectivity index (χ2n) is 7.04. The SMILES string of the molecule is CS(=O)(=O)c1ccc2nc(N(Cc3cccnc3)C(=O)C=Cc3ccccc3Cl)sc2c1. The highest BCUT2D eigenvalue weighted by Crippen LogP contribution is 2.32. The molecule has 0 saturated carbocycles. The number of fused-ring (bicyclic) bond motifs is 1. The number of rotatable bonds is 6. The molecule has 0 N–H and O–H groups in total. The predicted molar refractivity (Wildman–Crippen MR) is 129 cm³/mol. The summed E-state index contributed by atoms with van der Waals surface area (Å²) in [6.07, 6.45) is 7.62. The van der Waals surface area contributed by atoms with Gasteiger partial charge in [0.05, 0.1) is 21.7 Å². The van der Waals surface area contributed by atoms with Crippen LogP contribution in [0, 0.1) is 0 Å². The van der Waals surface area contributed by atoms with Crippen LogP contribution in [0.1, 0.15) is 11.1 Å². The average molecular weight is 484 g/mol. The number of halogens is 1. The van der Waals surface area contributed by atoms with Crippen molar-refractivity contribution in [3.8, 4) is 0 Å². The van der Waals surface area contributed by atoms with Crippen LogP contribution >= 0.6 is 22.9 Å². The van der Waals surface area contributed by atoms with Gasteiger partial charge < -0.3 is 0 Å². The maximum atomic E-state index is 13.2. The number of thiazole rings is 1. The van der Waals surface area contributed by atoms with Crippen LogP contribution in [0.4, 0.5) is 5.13 Å². The van der Waals surface area contributed by atoms with Gasteiger partial charge in [0.25, 0.3) is 5.91 Å². The van der Waals surface area contributed by atoms with Crippen LogP contribution in [0.3, 0.4) is 0 Å². The zero-order valence-corrected chi connectivity index (χ0v) is 19.4. The van der Waals surface area contributed by atoms with Crippen molar-refractivity contribution in [1.29, 1.82) is 0 Å². The second-order valence-corrected chi connectivity index (χ2v) is 10.5. The fourth-order valence-corrected chi connectivity index (χ4v) is 4.94. The summed E-state index contributed by atoms with van der Waals surface area (Å²) in [5.41, 5.74) is 2.19. The van der Waals surface area contributed by atoms with Gasteiger partial charge in [0.2, 0.25) is 0 Å². The number of sulfone groups is 1. The molecule has 162 valence electrons. The van der Waals surface area contributed by atoms with E-state index in [-0.39, 0.29) is 17.3 Å². The fraction of sp³-hybridized carbons (Fsp3) is 0.0870. The molecule has 0 aliphatic carbocycles. The van der Waals surface area contributed by atoms with Crippen LogP contribution in [0.2, 0.25) is 5.02 Å². The normalized spacial score (nSPS) is 11.8. The van der Waals surface area contributed by atoms with Crippen molar-refractivity contribution in [1.82, 2.24) is 9.97 Å². The summed E-state index contributed by atoms with van der Waals surface area (Å²) < 4.78 is 24.5. The molecule has 6 nitrogen and oxygen atoms in total. The molecule has 0 radical (unpaired) electrons. The Labute approximate surface area is 194 Å². The van der Waals surface area contributed by atoms with E-state index in [4.69, 9.17) is 11.6 Å². The number of nitrogens with zero attached hydrogens (tertiary/aromatic N) is 3. The molecule has 9 heteroatoms. The Morgan fingerprint density at radius 1 is 1.16 bits per heavy atom. The van der Waals surface area contributed by atoms with Crippen molar-refractivity contribution in [3.63, 3.8) is 0 Å². The number of anilines is 1. The molecule has 0 atom stereocenters. The molecule has 4 aromatic rings. The molecule has 32 heavy (non-hydrogen) atoms. The topological polar surface area (TPSA) is 80.2 Å². The Morgan fingerprint density at radius 2 is 1.97 bits per heavy atom. The molecule has 0 saturated heterocycles. The lowest BCUT2D eigenvalue weighted by Crippen LogP contribution is -2.28. The lowest BCUT2D eigenvalue weighted by atomic mass is 10.2. The minimum atomic E-state index is -3.35. The summed E-state index contributed by atoms with van der Waals surface area (Å²) in [5.74, 6) is -0.281. The summed E-state index contributed by atoms with van der Waals surface area (Å²) in [6, 6.07) is 15.7. The molecular weight excluding hydrogens is 466 g/mol. The second kappa shape index (κ2) is 9.20. The monoisotopic (exact) mass is 483 g/mol. The lowest BCUT2D eigenvalue weighted by Gasteiger charge is -2.18. The highest BCUT2D eigenvalue weighted by atomic mass is 35.5. The first-order valence-corrected chi connectivity index (χ1v) is 12.6. The largest absolute Gasteiger partial charge is 0.280 e. The van der Waals surface area contributed by atoms with E-state index in [2.05, 4.69) is 9.97 Å². The average Bonchev–Trinajstić information content (AvgIpc) is 3.20. The molecule has 0 spiro atoms. The highest BCUT2D eigenvalue weighted by molar-refractivity contribution is 7.90. The summed E-state index contributed by atoms with van der Waals surface area (Å²) in [7, 11) is -3.35. The van der Waals surface area contributed by atoms with E-state index in [1.807, 2.05) is 24.3 Å². The first-order chi connectivity index (χ1) is 15.3. The number of carbonyl (C=O) groups is 1. The molecule has 4 rings (SSSR count). The molecule has 2 aromatic heterocycles. The first-order valence-electron chi connectivity index (χ1n) is 9.55. The summed E-state index contributed by atoms with van der Waals surface area (Å²) >= 11 is 7.45.